The largest absolute Gasteiger partial charge is 0.477 e. The molecule has 0 atom stereocenters. The summed E-state index contributed by atoms with van der Waals surface area (Å²) < 4.78 is 12.9. The number of pyridine rings is 1. The summed E-state index contributed by atoms with van der Waals surface area (Å²) in [5.41, 5.74) is 1.83. The summed E-state index contributed by atoms with van der Waals surface area (Å²) in [5.74, 6) is 4.70. The predicted molar refractivity (Wildman–Crippen MR) is 117 cm³/mol. The minimum Gasteiger partial charge on any atom is -0.477 e. The van der Waals surface area contributed by atoms with Crippen LogP contribution in [0, 0.1) is 11.8 Å². The van der Waals surface area contributed by atoms with Crippen molar-refractivity contribution in [2.75, 3.05) is 19.8 Å². The fourth-order valence-electron chi connectivity index (χ4n) is 3.38. The Balaban J connectivity index is 1.36. The van der Waals surface area contributed by atoms with Crippen LogP contribution in [-0.2, 0) is 16.1 Å². The number of nitrogens with zero attached hydrogens (tertiary/aromatic N) is 1. The summed E-state index contributed by atoms with van der Waals surface area (Å²) in [6.45, 7) is 1.70. The van der Waals surface area contributed by atoms with Crippen molar-refractivity contribution in [2.45, 2.75) is 25.5 Å². The van der Waals surface area contributed by atoms with Crippen molar-refractivity contribution in [1.29, 1.82) is 0 Å². The van der Waals surface area contributed by atoms with Gasteiger partial charge in [0, 0.05) is 23.2 Å². The molecule has 3 aromatic rings. The van der Waals surface area contributed by atoms with E-state index in [0.717, 1.165) is 23.9 Å². The topological polar surface area (TPSA) is 77.8 Å². The second-order valence-electron chi connectivity index (χ2n) is 7.44. The van der Waals surface area contributed by atoms with Crippen LogP contribution in [0.5, 0.6) is 0 Å². The van der Waals surface area contributed by atoms with E-state index in [4.69, 9.17) is 9.47 Å². The van der Waals surface area contributed by atoms with Crippen LogP contribution in [0.2, 0.25) is 0 Å². The van der Waals surface area contributed by atoms with E-state index >= 15 is 0 Å². The van der Waals surface area contributed by atoms with Crippen LogP contribution >= 0.6 is 0 Å². The first-order valence-electron chi connectivity index (χ1n) is 10.2. The number of benzene rings is 2. The highest BCUT2D eigenvalue weighted by Crippen LogP contribution is 2.37. The maximum atomic E-state index is 12.6. The molecule has 0 amide bonds. The van der Waals surface area contributed by atoms with Gasteiger partial charge in [-0.1, -0.05) is 42.2 Å². The molecule has 6 nitrogen and oxygen atoms in total. The lowest BCUT2D eigenvalue weighted by Crippen LogP contribution is -2.18. The number of aromatic carboxylic acids is 1. The Morgan fingerprint density at radius 3 is 2.61 bits per heavy atom. The van der Waals surface area contributed by atoms with Crippen molar-refractivity contribution < 1.29 is 19.4 Å². The number of carboxylic acid groups (broad SMARTS) is 1. The van der Waals surface area contributed by atoms with E-state index in [0.29, 0.717) is 30.8 Å². The predicted octanol–water partition coefficient (Wildman–Crippen LogP) is 3.62. The normalized spacial score (nSPS) is 13.0. The molecule has 0 bridgehead atoms. The van der Waals surface area contributed by atoms with Gasteiger partial charge in [-0.25, -0.2) is 4.79 Å². The van der Waals surface area contributed by atoms with Crippen molar-refractivity contribution in [3.8, 4) is 11.8 Å². The highest BCUT2D eigenvalue weighted by Gasteiger charge is 2.26. The molecule has 0 saturated heterocycles. The van der Waals surface area contributed by atoms with Gasteiger partial charge in [-0.2, -0.15) is 0 Å². The lowest BCUT2D eigenvalue weighted by Gasteiger charge is -2.11. The Bertz CT molecular complexity index is 1200. The second kappa shape index (κ2) is 9.61. The molecule has 0 unspecified atom stereocenters. The molecule has 1 fully saturated rings. The molecule has 0 aliphatic heterocycles. The van der Waals surface area contributed by atoms with E-state index in [1.807, 2.05) is 47.0 Å². The number of aromatic nitrogens is 1. The van der Waals surface area contributed by atoms with Gasteiger partial charge in [-0.05, 0) is 36.6 Å². The molecule has 1 heterocycles. The van der Waals surface area contributed by atoms with Gasteiger partial charge in [-0.15, -0.1) is 0 Å². The molecular formula is C25H23NO5. The van der Waals surface area contributed by atoms with Gasteiger partial charge in [0.15, 0.2) is 0 Å². The van der Waals surface area contributed by atoms with Crippen molar-refractivity contribution in [3.05, 3.63) is 81.6 Å². The van der Waals surface area contributed by atoms with E-state index in [-0.39, 0.29) is 18.2 Å². The van der Waals surface area contributed by atoms with Crippen LogP contribution in [0.25, 0.3) is 10.9 Å². The summed E-state index contributed by atoms with van der Waals surface area (Å²) in [5, 5.41) is 9.76. The molecule has 158 valence electrons. The Morgan fingerprint density at radius 2 is 1.87 bits per heavy atom. The third-order valence-electron chi connectivity index (χ3n) is 5.09. The highest BCUT2D eigenvalue weighted by molar-refractivity contribution is 5.93. The smallest absolute Gasteiger partial charge is 0.341 e. The zero-order valence-electron chi connectivity index (χ0n) is 17.0. The van der Waals surface area contributed by atoms with Crippen LogP contribution in [0.3, 0.4) is 0 Å². The number of fused-ring (bicyclic) bond motifs is 1. The summed E-state index contributed by atoms with van der Waals surface area (Å²) in [6.07, 6.45) is 3.44. The average Bonchev–Trinajstić information content (AvgIpc) is 3.62. The SMILES string of the molecule is O=C(O)c1cn(C2CC2)c2ccc(C#CCOCCOCc3ccccc3)cc2c1=O. The monoisotopic (exact) mass is 417 g/mol. The average molecular weight is 417 g/mol. The molecule has 1 aliphatic rings. The summed E-state index contributed by atoms with van der Waals surface area (Å²) in [6, 6.07) is 15.5. The Hall–Kier alpha value is -3.40. The van der Waals surface area contributed by atoms with Crippen LogP contribution in [-0.4, -0.2) is 35.5 Å². The lowest BCUT2D eigenvalue weighted by molar-refractivity contribution is 0.0520. The molecule has 2 aromatic carbocycles. The van der Waals surface area contributed by atoms with Crippen LogP contribution in [0.1, 0.15) is 40.4 Å². The number of carbonyl (C=O) groups is 1. The third kappa shape index (κ3) is 5.21. The number of rotatable bonds is 8. The highest BCUT2D eigenvalue weighted by atomic mass is 16.5. The Kier molecular flexibility index (Phi) is 6.46. The summed E-state index contributed by atoms with van der Waals surface area (Å²) >= 11 is 0. The molecule has 1 aliphatic carbocycles. The minimum absolute atomic E-state index is 0.205. The first-order valence-corrected chi connectivity index (χ1v) is 10.2. The van der Waals surface area contributed by atoms with E-state index < -0.39 is 11.4 Å². The molecular weight excluding hydrogens is 394 g/mol. The van der Waals surface area contributed by atoms with E-state index in [1.165, 1.54) is 6.20 Å². The number of ether oxygens (including phenoxy) is 2. The number of hydrogen-bond donors (Lipinski definition) is 1. The Labute approximate surface area is 180 Å². The van der Waals surface area contributed by atoms with Gasteiger partial charge in [0.1, 0.15) is 12.2 Å². The fraction of sp³-hybridized carbons (Fsp3) is 0.280. The maximum Gasteiger partial charge on any atom is 0.341 e. The standard InChI is InChI=1S/C25H23NO5/c27-24-21-15-18(7-4-12-30-13-14-31-17-19-5-2-1-3-6-19)8-11-23(21)26(20-9-10-20)16-22(24)25(28)29/h1-3,5-6,8,11,15-16,20H,9-10,12-14,17H2,(H,28,29). The first kappa shape index (κ1) is 20.9. The van der Waals surface area contributed by atoms with Crippen LogP contribution < -0.4 is 5.43 Å². The van der Waals surface area contributed by atoms with Gasteiger partial charge in [0.2, 0.25) is 5.43 Å². The maximum absolute atomic E-state index is 12.6. The molecule has 1 saturated carbocycles. The van der Waals surface area contributed by atoms with Gasteiger partial charge in [-0.3, -0.25) is 4.79 Å². The zero-order chi connectivity index (χ0) is 21.6. The molecule has 31 heavy (non-hydrogen) atoms. The Morgan fingerprint density at radius 1 is 1.10 bits per heavy atom. The summed E-state index contributed by atoms with van der Waals surface area (Å²) in [4.78, 5) is 24.1. The van der Waals surface area contributed by atoms with E-state index in [2.05, 4.69) is 11.8 Å². The van der Waals surface area contributed by atoms with E-state index in [1.54, 1.807) is 6.07 Å². The lowest BCUT2D eigenvalue weighted by atomic mass is 10.1. The molecule has 0 spiro atoms. The zero-order valence-corrected chi connectivity index (χ0v) is 17.0. The third-order valence-corrected chi connectivity index (χ3v) is 5.09. The fourth-order valence-corrected chi connectivity index (χ4v) is 3.38. The van der Waals surface area contributed by atoms with Gasteiger partial charge in [0.25, 0.3) is 0 Å². The van der Waals surface area contributed by atoms with Crippen molar-refractivity contribution in [1.82, 2.24) is 4.57 Å². The molecule has 1 N–H and O–H groups in total. The van der Waals surface area contributed by atoms with Crippen molar-refractivity contribution in [2.24, 2.45) is 0 Å². The van der Waals surface area contributed by atoms with Crippen molar-refractivity contribution >= 4 is 16.9 Å². The van der Waals surface area contributed by atoms with E-state index in [9.17, 15) is 14.7 Å². The minimum atomic E-state index is -1.21. The van der Waals surface area contributed by atoms with Gasteiger partial charge >= 0.3 is 5.97 Å². The first-order chi connectivity index (χ1) is 15.1. The van der Waals surface area contributed by atoms with Gasteiger partial charge in [0.05, 0.1) is 25.3 Å². The van der Waals surface area contributed by atoms with Crippen LogP contribution in [0.4, 0.5) is 0 Å². The second-order valence-corrected chi connectivity index (χ2v) is 7.44. The van der Waals surface area contributed by atoms with Gasteiger partial charge < -0.3 is 19.1 Å². The molecule has 1 aromatic heterocycles. The molecule has 0 radical (unpaired) electrons. The quantitative estimate of drug-likeness (QED) is 0.447. The number of carboxylic acids is 1. The van der Waals surface area contributed by atoms with Crippen molar-refractivity contribution in [3.63, 3.8) is 0 Å². The summed E-state index contributed by atoms with van der Waals surface area (Å²) in [7, 11) is 0. The molecule has 4 rings (SSSR count). The number of hydrogen-bond acceptors (Lipinski definition) is 4. The van der Waals surface area contributed by atoms with Crippen LogP contribution in [0.15, 0.2) is 59.5 Å². The molecule has 6 heteroatoms.